The normalized spacial score (nSPS) is 23.3. The van der Waals surface area contributed by atoms with E-state index in [1.165, 1.54) is 9.79 Å². The van der Waals surface area contributed by atoms with Crippen molar-refractivity contribution in [3.05, 3.63) is 12.1 Å². The van der Waals surface area contributed by atoms with Crippen LogP contribution in [0.25, 0.3) is 0 Å². The maximum atomic E-state index is 6.07. The van der Waals surface area contributed by atoms with Gasteiger partial charge in [-0.3, -0.25) is 0 Å². The summed E-state index contributed by atoms with van der Waals surface area (Å²) in [5, 5.41) is 0. The fourth-order valence-electron chi connectivity index (χ4n) is 1.11. The minimum atomic E-state index is -1.28. The summed E-state index contributed by atoms with van der Waals surface area (Å²) in [5.41, 5.74) is 2.23. The Hall–Kier alpha value is 0.849. The van der Waals surface area contributed by atoms with Crippen molar-refractivity contribution in [1.29, 1.82) is 0 Å². The Bertz CT molecular complexity index is 423. The van der Waals surface area contributed by atoms with Gasteiger partial charge in [-0.15, -0.1) is 0 Å². The van der Waals surface area contributed by atoms with E-state index in [1.807, 2.05) is 16.2 Å². The van der Waals surface area contributed by atoms with Gasteiger partial charge in [0, 0.05) is 0 Å². The molecule has 0 aliphatic carbocycles. The third-order valence-electron chi connectivity index (χ3n) is 1.65. The monoisotopic (exact) mass is 361 g/mol. The summed E-state index contributed by atoms with van der Waals surface area (Å²) < 4.78 is 8.88. The van der Waals surface area contributed by atoms with E-state index in [4.69, 9.17) is 10.1 Å². The number of halogens is 1. The molecule has 1 aromatic rings. The van der Waals surface area contributed by atoms with Gasteiger partial charge in [0.05, 0.1) is 0 Å². The number of nitrogens with zero attached hydrogens (tertiary/aromatic N) is 2. The molecular formula is C6H2ClN2S2Se2. The van der Waals surface area contributed by atoms with Gasteiger partial charge in [-0.2, -0.15) is 0 Å². The van der Waals surface area contributed by atoms with Crippen molar-refractivity contribution in [2.24, 2.45) is 3.96 Å². The molecule has 1 unspecified atom stereocenters. The predicted octanol–water partition coefficient (Wildman–Crippen LogP) is 2.79. The molecule has 0 amide bonds. The van der Waals surface area contributed by atoms with Gasteiger partial charge in [0.25, 0.3) is 0 Å². The molecule has 2 heterocycles. The SMILES string of the molecule is Cl[Se]1=Nc2ccc3c(c2S1)S[Se][N]3. The van der Waals surface area contributed by atoms with E-state index in [9.17, 15) is 0 Å². The van der Waals surface area contributed by atoms with E-state index in [0.29, 0.717) is 14.1 Å². The molecule has 2 aliphatic heterocycles. The summed E-state index contributed by atoms with van der Waals surface area (Å²) >= 11 is -0.944. The van der Waals surface area contributed by atoms with Crippen LogP contribution in [0.1, 0.15) is 0 Å². The van der Waals surface area contributed by atoms with Gasteiger partial charge in [0.1, 0.15) is 0 Å². The van der Waals surface area contributed by atoms with Crippen molar-refractivity contribution in [3.8, 4) is 0 Å². The van der Waals surface area contributed by atoms with Crippen molar-refractivity contribution in [2.75, 3.05) is 0 Å². The van der Waals surface area contributed by atoms with E-state index in [1.54, 1.807) is 10.2 Å². The van der Waals surface area contributed by atoms with Crippen LogP contribution in [-0.4, -0.2) is 25.7 Å². The van der Waals surface area contributed by atoms with Crippen molar-refractivity contribution in [2.45, 2.75) is 9.79 Å². The third kappa shape index (κ3) is 1.49. The van der Waals surface area contributed by atoms with Crippen LogP contribution in [0.3, 0.4) is 0 Å². The van der Waals surface area contributed by atoms with Gasteiger partial charge in [-0.1, -0.05) is 0 Å². The molecule has 1 aromatic carbocycles. The van der Waals surface area contributed by atoms with E-state index in [0.717, 1.165) is 11.4 Å². The van der Waals surface area contributed by atoms with E-state index < -0.39 is 11.7 Å². The first-order valence-corrected chi connectivity index (χ1v) is 12.8. The van der Waals surface area contributed by atoms with E-state index >= 15 is 0 Å². The molecule has 3 rings (SSSR count). The first-order chi connectivity index (χ1) is 6.34. The number of rotatable bonds is 0. The third-order valence-corrected chi connectivity index (χ3v) is 9.98. The molecule has 2 nitrogen and oxygen atoms in total. The zero-order valence-corrected chi connectivity index (χ0v) is 11.9. The molecule has 13 heavy (non-hydrogen) atoms. The summed E-state index contributed by atoms with van der Waals surface area (Å²) in [5.74, 6) is 0. The average molecular weight is 360 g/mol. The Kier molecular flexibility index (Phi) is 2.42. The molecule has 7 heteroatoms. The van der Waals surface area contributed by atoms with E-state index in [-0.39, 0.29) is 0 Å². The number of benzene rings is 1. The molecule has 67 valence electrons. The second-order valence-electron chi connectivity index (χ2n) is 2.39. The van der Waals surface area contributed by atoms with Crippen LogP contribution < -0.4 is 4.33 Å². The molecule has 0 N–H and O–H groups in total. The molecule has 0 saturated carbocycles. The number of fused-ring (bicyclic) bond motifs is 3. The Morgan fingerprint density at radius 3 is 3.08 bits per heavy atom. The second-order valence-corrected chi connectivity index (χ2v) is 12.5. The van der Waals surface area contributed by atoms with Crippen LogP contribution in [0.2, 0.25) is 0 Å². The Morgan fingerprint density at radius 2 is 2.15 bits per heavy atom. The van der Waals surface area contributed by atoms with Gasteiger partial charge < -0.3 is 0 Å². The van der Waals surface area contributed by atoms with Crippen molar-refractivity contribution in [3.63, 3.8) is 0 Å². The predicted molar refractivity (Wildman–Crippen MR) is 59.4 cm³/mol. The zero-order chi connectivity index (χ0) is 8.84. The van der Waals surface area contributed by atoms with Gasteiger partial charge in [0.15, 0.2) is 0 Å². The van der Waals surface area contributed by atoms with Crippen molar-refractivity contribution < 1.29 is 0 Å². The van der Waals surface area contributed by atoms with Gasteiger partial charge in [0.2, 0.25) is 0 Å². The molecule has 1 atom stereocenters. The van der Waals surface area contributed by atoms with Gasteiger partial charge in [-0.25, -0.2) is 0 Å². The Labute approximate surface area is 97.0 Å². The Morgan fingerprint density at radius 1 is 1.31 bits per heavy atom. The van der Waals surface area contributed by atoms with E-state index in [2.05, 4.69) is 14.4 Å². The zero-order valence-electron chi connectivity index (χ0n) is 6.06. The molecule has 0 fully saturated rings. The summed E-state index contributed by atoms with van der Waals surface area (Å²) in [6.07, 6.45) is 0. The summed E-state index contributed by atoms with van der Waals surface area (Å²) in [6, 6.07) is 4.10. The van der Waals surface area contributed by atoms with Crippen molar-refractivity contribution >= 4 is 67.6 Å². The molecular weight excluding hydrogens is 358 g/mol. The fourth-order valence-corrected chi connectivity index (χ4v) is 10.6. The molecule has 1 radical (unpaired) electrons. The van der Waals surface area contributed by atoms with Crippen LogP contribution in [0.5, 0.6) is 0 Å². The molecule has 0 aromatic heterocycles. The Balaban J connectivity index is 2.21. The first kappa shape index (κ1) is 9.10. The molecule has 0 saturated heterocycles. The minimum absolute atomic E-state index is 0.336. The van der Waals surface area contributed by atoms with Gasteiger partial charge >= 0.3 is 97.8 Å². The second kappa shape index (κ2) is 3.46. The quantitative estimate of drug-likeness (QED) is 0.666. The molecule has 2 aliphatic rings. The molecule has 0 bridgehead atoms. The standard InChI is InChI=1S/C6H2ClN2S2Se2/c7-13-9-4-2-1-3-5(6(4)11-13)10-12-8-3/h1-2H. The topological polar surface area (TPSA) is 26.5 Å². The summed E-state index contributed by atoms with van der Waals surface area (Å²) in [6.45, 7) is 0. The number of hydrogen-bond acceptors (Lipinski definition) is 3. The summed E-state index contributed by atoms with van der Waals surface area (Å²) in [7, 11) is 9.67. The fraction of sp³-hybridized carbons (Fsp3) is 0. The average Bonchev–Trinajstić information content (AvgIpc) is 2.65. The van der Waals surface area contributed by atoms with Crippen LogP contribution in [0.4, 0.5) is 11.4 Å². The molecule has 0 spiro atoms. The van der Waals surface area contributed by atoms with Crippen LogP contribution in [-0.2, 0) is 0 Å². The van der Waals surface area contributed by atoms with Crippen LogP contribution in [0, 0.1) is 0 Å². The van der Waals surface area contributed by atoms with Crippen molar-refractivity contribution in [1.82, 2.24) is 4.33 Å². The number of hydrogen-bond donors (Lipinski definition) is 0. The summed E-state index contributed by atoms with van der Waals surface area (Å²) in [4.78, 5) is 2.60. The van der Waals surface area contributed by atoms with Crippen LogP contribution in [0.15, 0.2) is 25.9 Å². The van der Waals surface area contributed by atoms with Gasteiger partial charge in [-0.05, 0) is 0 Å². The maximum absolute atomic E-state index is 6.07. The first-order valence-electron chi connectivity index (χ1n) is 3.37. The van der Waals surface area contributed by atoms with Crippen LogP contribution >= 0.6 is 30.5 Å².